The summed E-state index contributed by atoms with van der Waals surface area (Å²) >= 11 is 1.61. The highest BCUT2D eigenvalue weighted by Crippen LogP contribution is 2.44. The molecule has 1 saturated heterocycles. The van der Waals surface area contributed by atoms with Crippen LogP contribution in [0.3, 0.4) is 0 Å². The molecule has 2 unspecified atom stereocenters. The lowest BCUT2D eigenvalue weighted by Crippen LogP contribution is -2.49. The molecular formula is C22H24N4O4S. The zero-order chi connectivity index (χ0) is 21.8. The van der Waals surface area contributed by atoms with Gasteiger partial charge in [0.15, 0.2) is 11.2 Å². The Kier molecular flexibility index (Phi) is 6.22. The number of imidazole rings is 1. The fourth-order valence-electron chi connectivity index (χ4n) is 4.04. The van der Waals surface area contributed by atoms with E-state index in [-0.39, 0.29) is 30.9 Å². The number of aromatic nitrogens is 4. The molecule has 1 aromatic carbocycles. The molecule has 0 amide bonds. The van der Waals surface area contributed by atoms with E-state index in [0.29, 0.717) is 35.0 Å². The molecule has 3 heterocycles. The van der Waals surface area contributed by atoms with E-state index in [1.807, 2.05) is 30.3 Å². The second kappa shape index (κ2) is 9.05. The second-order valence-electron chi connectivity index (χ2n) is 7.24. The summed E-state index contributed by atoms with van der Waals surface area (Å²) in [5.74, 6) is 0.0873. The molecule has 1 aliphatic rings. The molecule has 3 aromatic rings. The van der Waals surface area contributed by atoms with Crippen LogP contribution in [0.15, 0.2) is 43.0 Å². The zero-order valence-corrected chi connectivity index (χ0v) is 18.3. The number of esters is 2. The van der Waals surface area contributed by atoms with Gasteiger partial charge in [0.05, 0.1) is 26.0 Å². The smallest absolute Gasteiger partial charge is 0.333 e. The van der Waals surface area contributed by atoms with E-state index in [1.165, 1.54) is 6.33 Å². The number of rotatable bonds is 7. The van der Waals surface area contributed by atoms with Crippen LogP contribution in [0, 0.1) is 5.92 Å². The summed E-state index contributed by atoms with van der Waals surface area (Å²) < 4.78 is 12.4. The van der Waals surface area contributed by atoms with Crippen LogP contribution in [-0.4, -0.2) is 56.2 Å². The van der Waals surface area contributed by atoms with Gasteiger partial charge in [-0.15, -0.1) is 0 Å². The topological polar surface area (TPSA) is 96.2 Å². The van der Waals surface area contributed by atoms with E-state index in [0.717, 1.165) is 5.56 Å². The van der Waals surface area contributed by atoms with Crippen LogP contribution in [0.1, 0.15) is 20.3 Å². The van der Waals surface area contributed by atoms with Crippen LogP contribution >= 0.6 is 11.8 Å². The molecule has 1 aliphatic heterocycles. The van der Waals surface area contributed by atoms with Gasteiger partial charge >= 0.3 is 11.9 Å². The lowest BCUT2D eigenvalue weighted by atomic mass is 9.84. The van der Waals surface area contributed by atoms with E-state index < -0.39 is 5.54 Å². The number of nitrogens with zero attached hydrogens (tertiary/aromatic N) is 4. The minimum Gasteiger partial charge on any atom is -0.466 e. The number of thioether (sulfide) groups is 1. The fraction of sp³-hybridized carbons (Fsp3) is 0.409. The van der Waals surface area contributed by atoms with Gasteiger partial charge < -0.3 is 9.47 Å². The minimum absolute atomic E-state index is 0.121. The third kappa shape index (κ3) is 3.78. The van der Waals surface area contributed by atoms with E-state index >= 15 is 0 Å². The predicted octanol–water partition coefficient (Wildman–Crippen LogP) is 3.07. The molecule has 9 heteroatoms. The number of carbonyl (C=O) groups excluding carboxylic acids is 2. The summed E-state index contributed by atoms with van der Waals surface area (Å²) in [7, 11) is 0. The Hall–Kier alpha value is -2.94. The average molecular weight is 441 g/mol. The van der Waals surface area contributed by atoms with Crippen molar-refractivity contribution in [3.05, 3.63) is 43.0 Å². The van der Waals surface area contributed by atoms with Crippen LogP contribution in [0.5, 0.6) is 0 Å². The van der Waals surface area contributed by atoms with E-state index in [2.05, 4.69) is 15.0 Å². The zero-order valence-electron chi connectivity index (χ0n) is 17.5. The highest BCUT2D eigenvalue weighted by Gasteiger charge is 2.54. The first-order valence-corrected chi connectivity index (χ1v) is 11.4. The van der Waals surface area contributed by atoms with E-state index in [4.69, 9.17) is 9.47 Å². The normalized spacial score (nSPS) is 20.6. The molecule has 31 heavy (non-hydrogen) atoms. The van der Waals surface area contributed by atoms with Crippen molar-refractivity contribution in [2.24, 2.45) is 5.92 Å². The molecule has 1 fully saturated rings. The number of hydrogen-bond donors (Lipinski definition) is 0. The lowest BCUT2D eigenvalue weighted by molar-refractivity contribution is -0.156. The SMILES string of the molecule is CCOC(=O)CC1CSCC1(C(=O)OCC)n1cnc2c(-c3ccccc3)ncnc21. The Morgan fingerprint density at radius 1 is 1.13 bits per heavy atom. The van der Waals surface area contributed by atoms with Gasteiger partial charge in [-0.05, 0) is 19.6 Å². The first-order valence-electron chi connectivity index (χ1n) is 10.3. The van der Waals surface area contributed by atoms with Gasteiger partial charge in [0.1, 0.15) is 17.5 Å². The molecule has 2 aromatic heterocycles. The van der Waals surface area contributed by atoms with Crippen molar-refractivity contribution in [2.45, 2.75) is 25.8 Å². The summed E-state index contributed by atoms with van der Waals surface area (Å²) in [4.78, 5) is 39.1. The maximum atomic E-state index is 13.3. The van der Waals surface area contributed by atoms with Crippen LogP contribution in [0.2, 0.25) is 0 Å². The summed E-state index contributed by atoms with van der Waals surface area (Å²) in [5.41, 5.74) is 1.65. The minimum atomic E-state index is -1.09. The molecule has 8 nitrogen and oxygen atoms in total. The first kappa shape index (κ1) is 21.3. The molecule has 0 spiro atoms. The van der Waals surface area contributed by atoms with E-state index in [1.54, 1.807) is 36.5 Å². The van der Waals surface area contributed by atoms with Crippen LogP contribution in [0.4, 0.5) is 0 Å². The summed E-state index contributed by atoms with van der Waals surface area (Å²) in [6.45, 7) is 4.09. The third-order valence-corrected chi connectivity index (χ3v) is 6.76. The molecular weight excluding hydrogens is 416 g/mol. The summed E-state index contributed by atoms with van der Waals surface area (Å²) in [6, 6.07) is 9.71. The van der Waals surface area contributed by atoms with Gasteiger partial charge in [0, 0.05) is 17.2 Å². The number of carbonyl (C=O) groups is 2. The van der Waals surface area contributed by atoms with Crippen LogP contribution < -0.4 is 0 Å². The molecule has 0 bridgehead atoms. The molecule has 0 aliphatic carbocycles. The molecule has 0 saturated carbocycles. The van der Waals surface area contributed by atoms with Crippen molar-refractivity contribution in [2.75, 3.05) is 24.7 Å². The predicted molar refractivity (Wildman–Crippen MR) is 117 cm³/mol. The Balaban J connectivity index is 1.85. The monoisotopic (exact) mass is 440 g/mol. The second-order valence-corrected chi connectivity index (χ2v) is 8.27. The first-order chi connectivity index (χ1) is 15.1. The quantitative estimate of drug-likeness (QED) is 0.517. The highest BCUT2D eigenvalue weighted by molar-refractivity contribution is 7.99. The van der Waals surface area contributed by atoms with Crippen molar-refractivity contribution < 1.29 is 19.1 Å². The van der Waals surface area contributed by atoms with Gasteiger partial charge in [-0.1, -0.05) is 30.3 Å². The van der Waals surface area contributed by atoms with Gasteiger partial charge in [-0.25, -0.2) is 19.7 Å². The summed E-state index contributed by atoms with van der Waals surface area (Å²) in [6.07, 6.45) is 3.22. The van der Waals surface area contributed by atoms with Crippen molar-refractivity contribution in [1.29, 1.82) is 0 Å². The largest absolute Gasteiger partial charge is 0.466 e. The average Bonchev–Trinajstić information content (AvgIpc) is 3.39. The fourth-order valence-corrected chi connectivity index (χ4v) is 5.64. The maximum absolute atomic E-state index is 13.3. The molecule has 0 N–H and O–H groups in total. The third-order valence-electron chi connectivity index (χ3n) is 5.47. The Morgan fingerprint density at radius 3 is 2.65 bits per heavy atom. The Morgan fingerprint density at radius 2 is 1.90 bits per heavy atom. The van der Waals surface area contributed by atoms with Gasteiger partial charge in [-0.3, -0.25) is 9.36 Å². The summed E-state index contributed by atoms with van der Waals surface area (Å²) in [5, 5.41) is 0. The number of ether oxygens (including phenoxy) is 2. The standard InChI is InChI=1S/C22H24N4O4S/c1-3-29-17(27)10-16-11-31-12-22(16,21(28)30-4-2)26-14-25-19-18(23-13-24-20(19)26)15-8-6-5-7-9-15/h5-9,13-14,16H,3-4,10-12H2,1-2H3. The number of hydrogen-bond acceptors (Lipinski definition) is 8. The Labute approximate surface area is 184 Å². The van der Waals surface area contributed by atoms with Crippen molar-refractivity contribution >= 4 is 34.9 Å². The molecule has 2 atom stereocenters. The van der Waals surface area contributed by atoms with Gasteiger partial charge in [0.2, 0.25) is 0 Å². The van der Waals surface area contributed by atoms with E-state index in [9.17, 15) is 9.59 Å². The number of benzene rings is 1. The van der Waals surface area contributed by atoms with Gasteiger partial charge in [-0.2, -0.15) is 11.8 Å². The molecule has 0 radical (unpaired) electrons. The van der Waals surface area contributed by atoms with Gasteiger partial charge in [0.25, 0.3) is 0 Å². The van der Waals surface area contributed by atoms with Crippen LogP contribution in [0.25, 0.3) is 22.4 Å². The van der Waals surface area contributed by atoms with Crippen LogP contribution in [-0.2, 0) is 24.6 Å². The van der Waals surface area contributed by atoms with Crippen molar-refractivity contribution in [1.82, 2.24) is 19.5 Å². The number of fused-ring (bicyclic) bond motifs is 1. The lowest BCUT2D eigenvalue weighted by Gasteiger charge is -2.33. The highest BCUT2D eigenvalue weighted by atomic mass is 32.2. The maximum Gasteiger partial charge on any atom is 0.333 e. The molecule has 162 valence electrons. The molecule has 4 rings (SSSR count). The van der Waals surface area contributed by atoms with Crippen molar-refractivity contribution in [3.8, 4) is 11.3 Å². The van der Waals surface area contributed by atoms with Crippen molar-refractivity contribution in [3.63, 3.8) is 0 Å². The Bertz CT molecular complexity index is 1090.